The van der Waals surface area contributed by atoms with Crippen molar-refractivity contribution in [2.75, 3.05) is 18.6 Å². The second kappa shape index (κ2) is 9.01. The van der Waals surface area contributed by atoms with E-state index in [-0.39, 0.29) is 36.4 Å². The van der Waals surface area contributed by atoms with Gasteiger partial charge in [0.15, 0.2) is 0 Å². The highest BCUT2D eigenvalue weighted by molar-refractivity contribution is 7.90. The van der Waals surface area contributed by atoms with Crippen molar-refractivity contribution in [3.05, 3.63) is 35.6 Å². The van der Waals surface area contributed by atoms with Crippen molar-refractivity contribution in [1.82, 2.24) is 5.32 Å². The van der Waals surface area contributed by atoms with Gasteiger partial charge in [0.2, 0.25) is 5.91 Å². The van der Waals surface area contributed by atoms with Gasteiger partial charge in [0.05, 0.1) is 5.75 Å². The van der Waals surface area contributed by atoms with Gasteiger partial charge in [-0.25, -0.2) is 12.8 Å². The first-order chi connectivity index (χ1) is 10.8. The Morgan fingerprint density at radius 2 is 1.74 bits per heavy atom. The largest absolute Gasteiger partial charge is 0.355 e. The summed E-state index contributed by atoms with van der Waals surface area (Å²) in [4.78, 5) is 12.1. The number of benzene rings is 1. The minimum absolute atomic E-state index is 0.00355. The molecule has 4 nitrogen and oxygen atoms in total. The van der Waals surface area contributed by atoms with Crippen LogP contribution in [0.2, 0.25) is 0 Å². The summed E-state index contributed by atoms with van der Waals surface area (Å²) in [5.41, 5.74) is 0.943. The molecular formula is C17H26FNO3S. The third-order valence-corrected chi connectivity index (χ3v) is 5.06. The highest BCUT2D eigenvalue weighted by Crippen LogP contribution is 2.32. The Hall–Kier alpha value is -1.43. The zero-order chi connectivity index (χ0) is 17.5. The molecule has 0 aliphatic carbocycles. The van der Waals surface area contributed by atoms with Gasteiger partial charge in [0.1, 0.15) is 15.7 Å². The lowest BCUT2D eigenvalue weighted by Crippen LogP contribution is -2.31. The Labute approximate surface area is 138 Å². The molecule has 0 saturated heterocycles. The summed E-state index contributed by atoms with van der Waals surface area (Å²) in [5.74, 6) is -0.209. The Kier molecular flexibility index (Phi) is 7.68. The van der Waals surface area contributed by atoms with Crippen molar-refractivity contribution in [1.29, 1.82) is 0 Å². The molecule has 0 saturated carbocycles. The number of halogens is 1. The number of hydrogen-bond acceptors (Lipinski definition) is 3. The van der Waals surface area contributed by atoms with E-state index in [0.29, 0.717) is 5.92 Å². The van der Waals surface area contributed by atoms with E-state index in [9.17, 15) is 17.6 Å². The normalized spacial score (nSPS) is 13.1. The van der Waals surface area contributed by atoms with Gasteiger partial charge in [0, 0.05) is 19.2 Å². The smallest absolute Gasteiger partial charge is 0.220 e. The van der Waals surface area contributed by atoms with E-state index in [1.807, 2.05) is 0 Å². The quantitative estimate of drug-likeness (QED) is 0.750. The van der Waals surface area contributed by atoms with E-state index in [4.69, 9.17) is 0 Å². The molecule has 0 spiro atoms. The maximum Gasteiger partial charge on any atom is 0.220 e. The molecule has 6 heteroatoms. The molecule has 0 bridgehead atoms. The number of carbonyl (C=O) groups excluding carboxylic acids is 1. The fraction of sp³-hybridized carbons (Fsp3) is 0.588. The van der Waals surface area contributed by atoms with E-state index in [0.717, 1.165) is 24.7 Å². The van der Waals surface area contributed by atoms with Crippen molar-refractivity contribution in [2.45, 2.75) is 39.0 Å². The molecule has 0 aliphatic rings. The van der Waals surface area contributed by atoms with Crippen LogP contribution in [-0.4, -0.2) is 32.9 Å². The van der Waals surface area contributed by atoms with Gasteiger partial charge < -0.3 is 5.32 Å². The predicted octanol–water partition coefficient (Wildman–Crippen LogP) is 2.90. The van der Waals surface area contributed by atoms with Crippen molar-refractivity contribution >= 4 is 15.7 Å². The average Bonchev–Trinajstić information content (AvgIpc) is 2.47. The topological polar surface area (TPSA) is 63.2 Å². The maximum atomic E-state index is 13.1. The van der Waals surface area contributed by atoms with Gasteiger partial charge in [-0.05, 0) is 29.5 Å². The summed E-state index contributed by atoms with van der Waals surface area (Å²) in [6, 6.07) is 6.27. The molecule has 1 N–H and O–H groups in total. The Balaban J connectivity index is 2.77. The maximum absolute atomic E-state index is 13.1. The second-order valence-electron chi connectivity index (χ2n) is 5.92. The third-order valence-electron chi connectivity index (χ3n) is 4.12. The van der Waals surface area contributed by atoms with Crippen LogP contribution in [0.5, 0.6) is 0 Å². The van der Waals surface area contributed by atoms with Crippen LogP contribution < -0.4 is 5.32 Å². The van der Waals surface area contributed by atoms with Gasteiger partial charge in [-0.1, -0.05) is 38.8 Å². The molecule has 0 radical (unpaired) electrons. The summed E-state index contributed by atoms with van der Waals surface area (Å²) in [6.45, 7) is 4.27. The van der Waals surface area contributed by atoms with Gasteiger partial charge >= 0.3 is 0 Å². The summed E-state index contributed by atoms with van der Waals surface area (Å²) in [7, 11) is -3.09. The molecule has 0 aliphatic heterocycles. The molecular weight excluding hydrogens is 317 g/mol. The molecule has 0 fully saturated rings. The van der Waals surface area contributed by atoms with Crippen LogP contribution in [0.1, 0.15) is 44.6 Å². The predicted molar refractivity (Wildman–Crippen MR) is 90.6 cm³/mol. The van der Waals surface area contributed by atoms with Gasteiger partial charge in [-0.15, -0.1) is 0 Å². The Morgan fingerprint density at radius 1 is 1.17 bits per heavy atom. The average molecular weight is 343 g/mol. The zero-order valence-electron chi connectivity index (χ0n) is 14.0. The van der Waals surface area contributed by atoms with E-state index < -0.39 is 9.84 Å². The minimum Gasteiger partial charge on any atom is -0.355 e. The van der Waals surface area contributed by atoms with Gasteiger partial charge in [0.25, 0.3) is 0 Å². The standard InChI is InChI=1S/C17H26FNO3S/c1-4-13(5-2)16(14-6-8-15(18)9-7-14)12-17(20)19-10-11-23(3,21)22/h6-9,13,16H,4-5,10-12H2,1-3H3,(H,19,20). The second-order valence-corrected chi connectivity index (χ2v) is 8.18. The van der Waals surface area contributed by atoms with Crippen molar-refractivity contribution in [2.24, 2.45) is 5.92 Å². The monoisotopic (exact) mass is 343 g/mol. The molecule has 1 aromatic carbocycles. The van der Waals surface area contributed by atoms with Crippen LogP contribution in [0.15, 0.2) is 24.3 Å². The molecule has 0 aromatic heterocycles. The number of nitrogens with one attached hydrogen (secondary N) is 1. The van der Waals surface area contributed by atoms with Crippen LogP contribution in [0, 0.1) is 11.7 Å². The molecule has 1 unspecified atom stereocenters. The lowest BCUT2D eigenvalue weighted by atomic mass is 9.80. The van der Waals surface area contributed by atoms with Crippen molar-refractivity contribution < 1.29 is 17.6 Å². The fourth-order valence-electron chi connectivity index (χ4n) is 2.77. The van der Waals surface area contributed by atoms with Crippen LogP contribution in [0.3, 0.4) is 0 Å². The van der Waals surface area contributed by atoms with E-state index in [1.54, 1.807) is 12.1 Å². The van der Waals surface area contributed by atoms with E-state index in [2.05, 4.69) is 19.2 Å². The summed E-state index contributed by atoms with van der Waals surface area (Å²) in [6.07, 6.45) is 3.27. The summed E-state index contributed by atoms with van der Waals surface area (Å²) in [5, 5.41) is 2.66. The number of amides is 1. The van der Waals surface area contributed by atoms with E-state index >= 15 is 0 Å². The Morgan fingerprint density at radius 3 is 2.22 bits per heavy atom. The van der Waals surface area contributed by atoms with Gasteiger partial charge in [-0.2, -0.15) is 0 Å². The first kappa shape index (κ1) is 19.6. The molecule has 130 valence electrons. The summed E-state index contributed by atoms with van der Waals surface area (Å²) >= 11 is 0. The molecule has 23 heavy (non-hydrogen) atoms. The van der Waals surface area contributed by atoms with Crippen LogP contribution in [-0.2, 0) is 14.6 Å². The van der Waals surface area contributed by atoms with Crippen LogP contribution in [0.4, 0.5) is 4.39 Å². The van der Waals surface area contributed by atoms with E-state index in [1.165, 1.54) is 12.1 Å². The molecule has 1 rings (SSSR count). The summed E-state index contributed by atoms with van der Waals surface area (Å²) < 4.78 is 35.3. The fourth-order valence-corrected chi connectivity index (χ4v) is 3.24. The SMILES string of the molecule is CCC(CC)C(CC(=O)NCCS(C)(=O)=O)c1ccc(F)cc1. The lowest BCUT2D eigenvalue weighted by Gasteiger charge is -2.25. The highest BCUT2D eigenvalue weighted by Gasteiger charge is 2.23. The highest BCUT2D eigenvalue weighted by atomic mass is 32.2. The first-order valence-corrected chi connectivity index (χ1v) is 10.0. The number of hydrogen-bond donors (Lipinski definition) is 1. The molecule has 1 atom stereocenters. The molecule has 0 heterocycles. The third kappa shape index (κ3) is 7.12. The lowest BCUT2D eigenvalue weighted by molar-refractivity contribution is -0.121. The Bertz CT molecular complexity index is 595. The number of carbonyl (C=O) groups is 1. The van der Waals surface area contributed by atoms with Crippen molar-refractivity contribution in [3.63, 3.8) is 0 Å². The van der Waals surface area contributed by atoms with Crippen LogP contribution >= 0.6 is 0 Å². The van der Waals surface area contributed by atoms with Crippen LogP contribution in [0.25, 0.3) is 0 Å². The van der Waals surface area contributed by atoms with Gasteiger partial charge in [-0.3, -0.25) is 4.79 Å². The number of rotatable bonds is 9. The zero-order valence-corrected chi connectivity index (χ0v) is 14.8. The van der Waals surface area contributed by atoms with Crippen molar-refractivity contribution in [3.8, 4) is 0 Å². The molecule has 1 aromatic rings. The molecule has 1 amide bonds. The number of sulfone groups is 1. The minimum atomic E-state index is -3.09. The first-order valence-electron chi connectivity index (χ1n) is 7.96.